The summed E-state index contributed by atoms with van der Waals surface area (Å²) < 4.78 is 5.46. The summed E-state index contributed by atoms with van der Waals surface area (Å²) in [5, 5.41) is 1.06. The van der Waals surface area contributed by atoms with Gasteiger partial charge in [0.1, 0.15) is 5.01 Å². The number of thiazole rings is 1. The van der Waals surface area contributed by atoms with Crippen LogP contribution in [0.2, 0.25) is 0 Å². The van der Waals surface area contributed by atoms with E-state index in [9.17, 15) is 0 Å². The van der Waals surface area contributed by atoms with Gasteiger partial charge in [-0.2, -0.15) is 0 Å². The van der Waals surface area contributed by atoms with Gasteiger partial charge in [0.05, 0.1) is 30.3 Å². The third-order valence-electron chi connectivity index (χ3n) is 4.10. The van der Waals surface area contributed by atoms with E-state index >= 15 is 0 Å². The number of aromatic nitrogens is 1. The van der Waals surface area contributed by atoms with E-state index in [-0.39, 0.29) is 24.0 Å². The molecular formula is C15H25IN4OS. The number of hydrogen-bond acceptors (Lipinski definition) is 4. The fraction of sp³-hybridized carbons (Fsp3) is 0.733. The van der Waals surface area contributed by atoms with Crippen LogP contribution in [0.15, 0.2) is 4.99 Å². The first-order valence-electron chi connectivity index (χ1n) is 7.93. The Morgan fingerprint density at radius 2 is 1.95 bits per heavy atom. The number of rotatable bonds is 2. The maximum atomic E-state index is 6.17. The lowest BCUT2D eigenvalue weighted by Gasteiger charge is -2.25. The lowest BCUT2D eigenvalue weighted by Crippen LogP contribution is -2.39. The van der Waals surface area contributed by atoms with Crippen molar-refractivity contribution < 1.29 is 4.74 Å². The van der Waals surface area contributed by atoms with E-state index in [0.29, 0.717) is 19.1 Å². The minimum Gasteiger partial charge on any atom is -0.375 e. The molecule has 1 aromatic heterocycles. The fourth-order valence-electron chi connectivity index (χ4n) is 2.87. The van der Waals surface area contributed by atoms with Crippen LogP contribution in [0.3, 0.4) is 0 Å². The van der Waals surface area contributed by atoms with E-state index in [4.69, 9.17) is 10.5 Å². The summed E-state index contributed by atoms with van der Waals surface area (Å²) in [4.78, 5) is 12.7. The fourth-order valence-corrected chi connectivity index (χ4v) is 3.85. The highest BCUT2D eigenvalue weighted by Gasteiger charge is 2.15. The summed E-state index contributed by atoms with van der Waals surface area (Å²) in [5.41, 5.74) is 7.36. The van der Waals surface area contributed by atoms with Gasteiger partial charge in [-0.15, -0.1) is 35.3 Å². The summed E-state index contributed by atoms with van der Waals surface area (Å²) in [5.74, 6) is 0.682. The molecule has 2 aliphatic rings. The lowest BCUT2D eigenvalue weighted by molar-refractivity contribution is 0.112. The summed E-state index contributed by atoms with van der Waals surface area (Å²) in [6.45, 7) is 4.17. The van der Waals surface area contributed by atoms with Gasteiger partial charge in [-0.05, 0) is 12.8 Å². The third kappa shape index (κ3) is 4.79. The molecule has 0 aliphatic carbocycles. The molecule has 7 heteroatoms. The van der Waals surface area contributed by atoms with Crippen molar-refractivity contribution in [2.45, 2.75) is 51.7 Å². The van der Waals surface area contributed by atoms with Crippen LogP contribution in [-0.2, 0) is 24.3 Å². The molecule has 1 aromatic rings. The first-order chi connectivity index (χ1) is 10.3. The minimum atomic E-state index is 0. The van der Waals surface area contributed by atoms with Crippen LogP contribution in [0.4, 0.5) is 0 Å². The Hall–Kier alpha value is -0.410. The number of aliphatic imine (C=N–C) groups is 1. The largest absolute Gasteiger partial charge is 0.375 e. The predicted molar refractivity (Wildman–Crippen MR) is 101 cm³/mol. The summed E-state index contributed by atoms with van der Waals surface area (Å²) in [6.07, 6.45) is 7.35. The summed E-state index contributed by atoms with van der Waals surface area (Å²) in [7, 11) is 0. The standard InChI is InChI=1S/C15H24N4OS.HI/c16-15(19-7-4-2-1-3-5-8-19)17-10-14-18-12-6-9-20-11-13(12)21-14;/h1-11H2,(H2,16,17);1H. The lowest BCUT2D eigenvalue weighted by atomic mass is 10.1. The van der Waals surface area contributed by atoms with E-state index in [1.165, 1.54) is 42.7 Å². The second-order valence-electron chi connectivity index (χ2n) is 5.71. The Labute approximate surface area is 153 Å². The van der Waals surface area contributed by atoms with Crippen molar-refractivity contribution in [3.05, 3.63) is 15.6 Å². The second kappa shape index (κ2) is 9.02. The molecule has 0 aromatic carbocycles. The SMILES string of the molecule is I.NC(=NCc1nc2c(s1)COCC2)N1CCCCCCC1. The van der Waals surface area contributed by atoms with E-state index < -0.39 is 0 Å². The molecule has 124 valence electrons. The Morgan fingerprint density at radius 3 is 2.68 bits per heavy atom. The predicted octanol–water partition coefficient (Wildman–Crippen LogP) is 2.91. The average Bonchev–Trinajstić information content (AvgIpc) is 2.87. The van der Waals surface area contributed by atoms with Gasteiger partial charge in [-0.1, -0.05) is 19.3 Å². The van der Waals surface area contributed by atoms with Crippen LogP contribution in [0.5, 0.6) is 0 Å². The molecule has 0 amide bonds. The maximum Gasteiger partial charge on any atom is 0.191 e. The monoisotopic (exact) mass is 436 g/mol. The van der Waals surface area contributed by atoms with Crippen molar-refractivity contribution in [2.75, 3.05) is 19.7 Å². The average molecular weight is 436 g/mol. The van der Waals surface area contributed by atoms with E-state index in [1.807, 2.05) is 0 Å². The molecular weight excluding hydrogens is 411 g/mol. The molecule has 1 saturated heterocycles. The van der Waals surface area contributed by atoms with Gasteiger partial charge >= 0.3 is 0 Å². The zero-order valence-corrected chi connectivity index (χ0v) is 16.1. The molecule has 0 saturated carbocycles. The quantitative estimate of drug-likeness (QED) is 0.440. The van der Waals surface area contributed by atoms with Crippen molar-refractivity contribution in [2.24, 2.45) is 10.7 Å². The van der Waals surface area contributed by atoms with E-state index in [1.54, 1.807) is 11.3 Å². The number of nitrogens with two attached hydrogens (primary N) is 1. The topological polar surface area (TPSA) is 63.7 Å². The zero-order chi connectivity index (χ0) is 14.5. The second-order valence-corrected chi connectivity index (χ2v) is 6.88. The highest BCUT2D eigenvalue weighted by molar-refractivity contribution is 14.0. The Kier molecular flexibility index (Phi) is 7.36. The zero-order valence-electron chi connectivity index (χ0n) is 12.9. The number of hydrogen-bond donors (Lipinski definition) is 1. The molecule has 5 nitrogen and oxygen atoms in total. The molecule has 0 spiro atoms. The third-order valence-corrected chi connectivity index (χ3v) is 5.15. The van der Waals surface area contributed by atoms with E-state index in [2.05, 4.69) is 14.9 Å². The van der Waals surface area contributed by atoms with E-state index in [0.717, 1.165) is 31.1 Å². The van der Waals surface area contributed by atoms with Crippen molar-refractivity contribution in [3.63, 3.8) is 0 Å². The van der Waals surface area contributed by atoms with Crippen LogP contribution >= 0.6 is 35.3 Å². The number of fused-ring (bicyclic) bond motifs is 1. The van der Waals surface area contributed by atoms with Gasteiger partial charge in [-0.3, -0.25) is 0 Å². The number of nitrogens with zero attached hydrogens (tertiary/aromatic N) is 3. The normalized spacial score (nSPS) is 19.8. The van der Waals surface area contributed by atoms with Gasteiger partial charge < -0.3 is 15.4 Å². The number of likely N-dealkylation sites (tertiary alicyclic amines) is 1. The van der Waals surface area contributed by atoms with Gasteiger partial charge in [0.25, 0.3) is 0 Å². The van der Waals surface area contributed by atoms with Crippen LogP contribution < -0.4 is 5.73 Å². The van der Waals surface area contributed by atoms with Crippen LogP contribution in [0.1, 0.15) is 47.7 Å². The molecule has 3 heterocycles. The summed E-state index contributed by atoms with van der Waals surface area (Å²) >= 11 is 1.71. The van der Waals surface area contributed by atoms with Crippen LogP contribution in [0.25, 0.3) is 0 Å². The molecule has 0 bridgehead atoms. The van der Waals surface area contributed by atoms with Crippen LogP contribution in [-0.4, -0.2) is 35.5 Å². The van der Waals surface area contributed by atoms with Crippen molar-refractivity contribution >= 4 is 41.3 Å². The molecule has 0 unspecified atom stereocenters. The molecule has 2 aliphatic heterocycles. The maximum absolute atomic E-state index is 6.17. The molecule has 0 atom stereocenters. The molecule has 2 N–H and O–H groups in total. The minimum absolute atomic E-state index is 0. The Morgan fingerprint density at radius 1 is 1.23 bits per heavy atom. The van der Waals surface area contributed by atoms with Crippen molar-refractivity contribution in [1.29, 1.82) is 0 Å². The Bertz CT molecular complexity index is 474. The molecule has 1 fully saturated rings. The van der Waals surface area contributed by atoms with Gasteiger partial charge in [0.2, 0.25) is 0 Å². The first kappa shape index (κ1) is 17.9. The summed E-state index contributed by atoms with van der Waals surface area (Å²) in [6, 6.07) is 0. The molecule has 3 rings (SSSR count). The number of ether oxygens (including phenoxy) is 1. The van der Waals surface area contributed by atoms with Gasteiger partial charge in [-0.25, -0.2) is 9.98 Å². The smallest absolute Gasteiger partial charge is 0.191 e. The van der Waals surface area contributed by atoms with Gasteiger partial charge in [0, 0.05) is 19.5 Å². The van der Waals surface area contributed by atoms with Crippen LogP contribution in [0, 0.1) is 0 Å². The number of halogens is 1. The van der Waals surface area contributed by atoms with Gasteiger partial charge in [0.15, 0.2) is 5.96 Å². The molecule has 0 radical (unpaired) electrons. The highest BCUT2D eigenvalue weighted by Crippen LogP contribution is 2.24. The molecule has 22 heavy (non-hydrogen) atoms. The Balaban J connectivity index is 0.00000176. The van der Waals surface area contributed by atoms with Crippen molar-refractivity contribution in [1.82, 2.24) is 9.88 Å². The van der Waals surface area contributed by atoms with Crippen molar-refractivity contribution in [3.8, 4) is 0 Å². The number of guanidine groups is 1. The highest BCUT2D eigenvalue weighted by atomic mass is 127. The first-order valence-corrected chi connectivity index (χ1v) is 8.74.